The predicted octanol–water partition coefficient (Wildman–Crippen LogP) is 1.50. The molecule has 0 saturated carbocycles. The van der Waals surface area contributed by atoms with Crippen LogP contribution < -0.4 is 5.32 Å². The molecule has 0 spiro atoms. The van der Waals surface area contributed by atoms with E-state index in [-0.39, 0.29) is 18.0 Å². The smallest absolute Gasteiger partial charge is 0.329 e. The van der Waals surface area contributed by atoms with E-state index in [4.69, 9.17) is 4.74 Å². The molecule has 90 valence electrons. The summed E-state index contributed by atoms with van der Waals surface area (Å²) in [6.45, 7) is 0. The number of ether oxygens (including phenoxy) is 1. The Hall–Kier alpha value is -1.36. The van der Waals surface area contributed by atoms with Crippen LogP contribution in [0, 0.1) is 0 Å². The van der Waals surface area contributed by atoms with Gasteiger partial charge in [0.25, 0.3) is 5.91 Å². The number of alkyl halides is 1. The van der Waals surface area contributed by atoms with Gasteiger partial charge in [-0.15, -0.1) is 0 Å². The normalized spacial score (nSPS) is 23.2. The minimum Gasteiger partial charge on any atom is -0.460 e. The molecule has 1 fully saturated rings. The largest absolute Gasteiger partial charge is 0.460 e. The molecule has 1 saturated heterocycles. The average molecular weight is 298 g/mol. The van der Waals surface area contributed by atoms with E-state index in [9.17, 15) is 9.59 Å². The van der Waals surface area contributed by atoms with Gasteiger partial charge in [0.05, 0.1) is 0 Å². The predicted molar refractivity (Wildman–Crippen MR) is 66.0 cm³/mol. The number of hydrogen-bond donors (Lipinski definition) is 1. The summed E-state index contributed by atoms with van der Waals surface area (Å²) in [5.74, 6) is -0.610. The van der Waals surface area contributed by atoms with Gasteiger partial charge < -0.3 is 10.1 Å². The van der Waals surface area contributed by atoms with Crippen molar-refractivity contribution >= 4 is 27.8 Å². The maximum Gasteiger partial charge on any atom is 0.329 e. The van der Waals surface area contributed by atoms with Crippen molar-refractivity contribution in [2.75, 3.05) is 5.33 Å². The monoisotopic (exact) mass is 297 g/mol. The number of amides is 1. The van der Waals surface area contributed by atoms with E-state index >= 15 is 0 Å². The van der Waals surface area contributed by atoms with Gasteiger partial charge >= 0.3 is 5.97 Å². The number of nitrogens with one attached hydrogen (secondary N) is 1. The van der Waals surface area contributed by atoms with Crippen molar-refractivity contribution in [2.45, 2.75) is 18.6 Å². The van der Waals surface area contributed by atoms with Gasteiger partial charge in [-0.05, 0) is 12.1 Å². The fraction of sp³-hybridized carbons (Fsp3) is 0.333. The highest BCUT2D eigenvalue weighted by molar-refractivity contribution is 9.09. The molecule has 1 amide bonds. The first-order chi connectivity index (χ1) is 8.20. The van der Waals surface area contributed by atoms with Gasteiger partial charge in [-0.25, -0.2) is 4.79 Å². The zero-order valence-corrected chi connectivity index (χ0v) is 10.6. The van der Waals surface area contributed by atoms with E-state index in [1.165, 1.54) is 0 Å². The highest BCUT2D eigenvalue weighted by atomic mass is 79.9. The number of rotatable bonds is 3. The summed E-state index contributed by atoms with van der Waals surface area (Å²) < 4.78 is 5.06. The molecule has 0 aliphatic carbocycles. The molecule has 1 aromatic rings. The molecule has 0 radical (unpaired) electrons. The topological polar surface area (TPSA) is 55.4 Å². The maximum atomic E-state index is 11.8. The van der Waals surface area contributed by atoms with Crippen molar-refractivity contribution in [1.29, 1.82) is 0 Å². The van der Waals surface area contributed by atoms with E-state index < -0.39 is 6.04 Å². The molecule has 1 aliphatic heterocycles. The molecule has 5 heteroatoms. The molecular formula is C12H12BrNO3. The summed E-state index contributed by atoms with van der Waals surface area (Å²) in [7, 11) is 0. The number of halogens is 1. The zero-order valence-electron chi connectivity index (χ0n) is 9.06. The number of carbonyl (C=O) groups is 2. The van der Waals surface area contributed by atoms with Crippen LogP contribution in [0.3, 0.4) is 0 Å². The van der Waals surface area contributed by atoms with Crippen LogP contribution in [0.15, 0.2) is 30.3 Å². The highest BCUT2D eigenvalue weighted by Crippen LogP contribution is 2.17. The van der Waals surface area contributed by atoms with Crippen molar-refractivity contribution in [3.63, 3.8) is 0 Å². The Bertz CT molecular complexity index is 421. The summed E-state index contributed by atoms with van der Waals surface area (Å²) in [6.07, 6.45) is 0.367. The van der Waals surface area contributed by atoms with Crippen molar-refractivity contribution < 1.29 is 14.3 Å². The second-order valence-electron chi connectivity index (χ2n) is 3.84. The van der Waals surface area contributed by atoms with E-state index in [0.29, 0.717) is 17.3 Å². The molecule has 2 rings (SSSR count). The highest BCUT2D eigenvalue weighted by Gasteiger charge is 2.34. The third kappa shape index (κ3) is 2.85. The molecule has 0 bridgehead atoms. The van der Waals surface area contributed by atoms with E-state index in [1.54, 1.807) is 24.3 Å². The third-order valence-corrected chi connectivity index (χ3v) is 3.30. The van der Waals surface area contributed by atoms with E-state index in [0.717, 1.165) is 0 Å². The van der Waals surface area contributed by atoms with E-state index in [2.05, 4.69) is 21.2 Å². The Morgan fingerprint density at radius 3 is 2.71 bits per heavy atom. The molecule has 2 unspecified atom stereocenters. The number of hydrogen-bond acceptors (Lipinski definition) is 3. The standard InChI is InChI=1S/C12H12BrNO3/c13-7-9-6-10(12(16)17-9)14-11(15)8-4-2-1-3-5-8/h1-5,9-10H,6-7H2,(H,14,15). The summed E-state index contributed by atoms with van der Waals surface area (Å²) in [6, 6.07) is 8.27. The summed E-state index contributed by atoms with van der Waals surface area (Å²) in [5.41, 5.74) is 0.544. The lowest BCUT2D eigenvalue weighted by atomic mass is 10.1. The Morgan fingerprint density at radius 2 is 2.12 bits per heavy atom. The van der Waals surface area contributed by atoms with Gasteiger partial charge in [-0.3, -0.25) is 4.79 Å². The minimum absolute atomic E-state index is 0.149. The number of cyclic esters (lactones) is 1. The number of esters is 1. The van der Waals surface area contributed by atoms with Crippen LogP contribution in [0.4, 0.5) is 0 Å². The Balaban J connectivity index is 1.98. The van der Waals surface area contributed by atoms with Crippen LogP contribution in [-0.4, -0.2) is 29.4 Å². The Morgan fingerprint density at radius 1 is 1.41 bits per heavy atom. The van der Waals surface area contributed by atoms with Gasteiger partial charge in [0.2, 0.25) is 0 Å². The molecule has 1 aliphatic rings. The quantitative estimate of drug-likeness (QED) is 0.679. The Labute approximate surface area is 107 Å². The molecule has 1 aromatic carbocycles. The second-order valence-corrected chi connectivity index (χ2v) is 4.49. The summed E-state index contributed by atoms with van der Waals surface area (Å²) in [4.78, 5) is 23.3. The summed E-state index contributed by atoms with van der Waals surface area (Å²) >= 11 is 3.25. The lowest BCUT2D eigenvalue weighted by Gasteiger charge is -2.08. The van der Waals surface area contributed by atoms with Crippen molar-refractivity contribution in [1.82, 2.24) is 5.32 Å². The van der Waals surface area contributed by atoms with Crippen LogP contribution in [0.5, 0.6) is 0 Å². The molecular weight excluding hydrogens is 286 g/mol. The van der Waals surface area contributed by atoms with E-state index in [1.807, 2.05) is 6.07 Å². The third-order valence-electron chi connectivity index (χ3n) is 2.58. The first-order valence-corrected chi connectivity index (χ1v) is 6.45. The van der Waals surface area contributed by atoms with Crippen LogP contribution in [0.1, 0.15) is 16.8 Å². The maximum absolute atomic E-state index is 11.8. The van der Waals surface area contributed by atoms with Crippen LogP contribution in [0.2, 0.25) is 0 Å². The van der Waals surface area contributed by atoms with Gasteiger partial charge in [0.1, 0.15) is 12.1 Å². The molecule has 2 atom stereocenters. The fourth-order valence-electron chi connectivity index (χ4n) is 1.70. The summed E-state index contributed by atoms with van der Waals surface area (Å²) in [5, 5.41) is 3.27. The van der Waals surface area contributed by atoms with Crippen LogP contribution >= 0.6 is 15.9 Å². The molecule has 17 heavy (non-hydrogen) atoms. The first-order valence-electron chi connectivity index (χ1n) is 5.33. The Kier molecular flexibility index (Phi) is 3.78. The van der Waals surface area contributed by atoms with Crippen LogP contribution in [-0.2, 0) is 9.53 Å². The van der Waals surface area contributed by atoms with Crippen molar-refractivity contribution in [3.8, 4) is 0 Å². The SMILES string of the molecule is O=C(NC1CC(CBr)OC1=O)c1ccccc1. The van der Waals surface area contributed by atoms with Crippen molar-refractivity contribution in [2.24, 2.45) is 0 Å². The van der Waals surface area contributed by atoms with Gasteiger partial charge in [0.15, 0.2) is 0 Å². The van der Waals surface area contributed by atoms with Gasteiger partial charge in [0, 0.05) is 17.3 Å². The average Bonchev–Trinajstić information content (AvgIpc) is 2.71. The molecule has 4 nitrogen and oxygen atoms in total. The number of carbonyl (C=O) groups excluding carboxylic acids is 2. The molecule has 1 N–H and O–H groups in total. The second kappa shape index (κ2) is 5.31. The van der Waals surface area contributed by atoms with Crippen LogP contribution in [0.25, 0.3) is 0 Å². The minimum atomic E-state index is -0.537. The molecule has 0 aromatic heterocycles. The van der Waals surface area contributed by atoms with Gasteiger partial charge in [-0.2, -0.15) is 0 Å². The van der Waals surface area contributed by atoms with Crippen molar-refractivity contribution in [3.05, 3.63) is 35.9 Å². The number of benzene rings is 1. The molecule has 1 heterocycles. The zero-order chi connectivity index (χ0) is 12.3. The lowest BCUT2D eigenvalue weighted by Crippen LogP contribution is -2.38. The van der Waals surface area contributed by atoms with Gasteiger partial charge in [-0.1, -0.05) is 34.1 Å². The first kappa shape index (κ1) is 12.1. The lowest BCUT2D eigenvalue weighted by molar-refractivity contribution is -0.142. The fourth-order valence-corrected chi connectivity index (χ4v) is 2.09.